The van der Waals surface area contributed by atoms with E-state index in [0.29, 0.717) is 17.3 Å². The molecule has 34 heavy (non-hydrogen) atoms. The molecule has 2 aromatic carbocycles. The molecule has 0 aliphatic carbocycles. The quantitative estimate of drug-likeness (QED) is 0.567. The van der Waals surface area contributed by atoms with Gasteiger partial charge in [0.15, 0.2) is 5.69 Å². The van der Waals surface area contributed by atoms with Gasteiger partial charge in [-0.05, 0) is 29.8 Å². The van der Waals surface area contributed by atoms with E-state index in [-0.39, 0.29) is 50.5 Å². The fraction of sp³-hybridized carbons (Fsp3) is 0.304. The first-order chi connectivity index (χ1) is 16.4. The Morgan fingerprint density at radius 2 is 1.56 bits per heavy atom. The lowest BCUT2D eigenvalue weighted by Gasteiger charge is -2.34. The number of hydrogen-bond acceptors (Lipinski definition) is 5. The number of halogens is 3. The van der Waals surface area contributed by atoms with E-state index in [4.69, 9.17) is 16.3 Å². The van der Waals surface area contributed by atoms with Crippen molar-refractivity contribution in [2.24, 2.45) is 0 Å². The van der Waals surface area contributed by atoms with E-state index in [0.717, 1.165) is 17.7 Å². The van der Waals surface area contributed by atoms with Gasteiger partial charge in [0.25, 0.3) is 11.8 Å². The molecule has 2 aliphatic heterocycles. The fourth-order valence-electron chi connectivity index (χ4n) is 4.18. The lowest BCUT2D eigenvalue weighted by atomic mass is 10.1. The maximum atomic E-state index is 14.0. The normalized spacial score (nSPS) is 18.0. The molecule has 1 fully saturated rings. The van der Waals surface area contributed by atoms with Gasteiger partial charge in [-0.15, -0.1) is 5.10 Å². The lowest BCUT2D eigenvalue weighted by molar-refractivity contribution is -0.00202. The van der Waals surface area contributed by atoms with Crippen LogP contribution in [0.25, 0.3) is 0 Å². The summed E-state index contributed by atoms with van der Waals surface area (Å²) < 4.78 is 35.6. The predicted octanol–water partition coefficient (Wildman–Crippen LogP) is 3.08. The van der Waals surface area contributed by atoms with Gasteiger partial charge in [-0.1, -0.05) is 35.0 Å². The summed E-state index contributed by atoms with van der Waals surface area (Å²) in [5.41, 5.74) is 1.16. The second-order valence-electron chi connectivity index (χ2n) is 8.10. The summed E-state index contributed by atoms with van der Waals surface area (Å²) >= 11 is 5.95. The number of piperazine rings is 1. The predicted molar refractivity (Wildman–Crippen MR) is 117 cm³/mol. The number of ether oxygens (including phenoxy) is 1. The molecule has 0 spiro atoms. The molecule has 2 aliphatic rings. The first kappa shape index (κ1) is 22.4. The van der Waals surface area contributed by atoms with Crippen LogP contribution in [0.4, 0.5) is 8.78 Å². The van der Waals surface area contributed by atoms with Gasteiger partial charge >= 0.3 is 0 Å². The van der Waals surface area contributed by atoms with Gasteiger partial charge in [0.1, 0.15) is 23.3 Å². The van der Waals surface area contributed by atoms with Crippen LogP contribution in [0.2, 0.25) is 5.02 Å². The highest BCUT2D eigenvalue weighted by Gasteiger charge is 2.33. The zero-order valence-corrected chi connectivity index (χ0v) is 18.7. The van der Waals surface area contributed by atoms with Crippen LogP contribution in [0.3, 0.4) is 0 Å². The van der Waals surface area contributed by atoms with E-state index in [2.05, 4.69) is 10.3 Å². The van der Waals surface area contributed by atoms with E-state index >= 15 is 0 Å². The van der Waals surface area contributed by atoms with Crippen LogP contribution in [0.15, 0.2) is 42.5 Å². The van der Waals surface area contributed by atoms with Crippen LogP contribution >= 0.6 is 11.6 Å². The van der Waals surface area contributed by atoms with Crippen molar-refractivity contribution in [3.05, 3.63) is 81.6 Å². The topological polar surface area (TPSA) is 80.6 Å². The van der Waals surface area contributed by atoms with E-state index in [1.165, 1.54) is 11.0 Å². The molecule has 0 N–H and O–H groups in total. The number of carbonyl (C=O) groups is 2. The highest BCUT2D eigenvalue weighted by Crippen LogP contribution is 2.28. The Kier molecular flexibility index (Phi) is 6.01. The number of nitrogens with zero attached hydrogens (tertiary/aromatic N) is 5. The van der Waals surface area contributed by atoms with Gasteiger partial charge < -0.3 is 14.5 Å². The maximum Gasteiger partial charge on any atom is 0.276 e. The fourth-order valence-corrected chi connectivity index (χ4v) is 4.31. The van der Waals surface area contributed by atoms with Crippen molar-refractivity contribution in [1.29, 1.82) is 0 Å². The molecule has 176 valence electrons. The van der Waals surface area contributed by atoms with Gasteiger partial charge in [-0.2, -0.15) is 0 Å². The molecular formula is C23H20ClF2N5O3. The van der Waals surface area contributed by atoms with Crippen LogP contribution in [0.1, 0.15) is 38.2 Å². The van der Waals surface area contributed by atoms with Crippen molar-refractivity contribution in [3.8, 4) is 0 Å². The Morgan fingerprint density at radius 3 is 2.21 bits per heavy atom. The van der Waals surface area contributed by atoms with Crippen molar-refractivity contribution in [3.63, 3.8) is 0 Å². The second kappa shape index (κ2) is 9.11. The molecule has 0 bridgehead atoms. The van der Waals surface area contributed by atoms with Gasteiger partial charge in [0.2, 0.25) is 0 Å². The van der Waals surface area contributed by atoms with Crippen LogP contribution < -0.4 is 0 Å². The number of rotatable bonds is 3. The van der Waals surface area contributed by atoms with E-state index in [1.54, 1.807) is 21.7 Å². The molecule has 1 aromatic heterocycles. The molecule has 2 amide bonds. The monoisotopic (exact) mass is 487 g/mol. The molecule has 0 unspecified atom stereocenters. The second-order valence-corrected chi connectivity index (χ2v) is 8.54. The highest BCUT2D eigenvalue weighted by atomic mass is 35.5. The molecule has 1 atom stereocenters. The van der Waals surface area contributed by atoms with Crippen molar-refractivity contribution >= 4 is 23.4 Å². The Hall–Kier alpha value is -3.37. The van der Waals surface area contributed by atoms with Gasteiger partial charge in [0.05, 0.1) is 18.8 Å². The minimum atomic E-state index is -0.906. The highest BCUT2D eigenvalue weighted by molar-refractivity contribution is 6.30. The Bertz CT molecular complexity index is 1220. The Balaban J connectivity index is 1.24. The number of benzene rings is 2. The Morgan fingerprint density at radius 1 is 0.941 bits per heavy atom. The number of hydrogen-bond donors (Lipinski definition) is 0. The third-order valence-corrected chi connectivity index (χ3v) is 6.32. The zero-order chi connectivity index (χ0) is 23.8. The van der Waals surface area contributed by atoms with Crippen LogP contribution in [-0.2, 0) is 17.9 Å². The van der Waals surface area contributed by atoms with E-state index in [1.807, 2.05) is 12.1 Å². The largest absolute Gasteiger partial charge is 0.365 e. The minimum Gasteiger partial charge on any atom is -0.365 e. The third kappa shape index (κ3) is 4.14. The molecule has 8 nitrogen and oxygen atoms in total. The van der Waals surface area contributed by atoms with Gasteiger partial charge in [-0.3, -0.25) is 9.59 Å². The van der Waals surface area contributed by atoms with Crippen molar-refractivity contribution in [1.82, 2.24) is 24.8 Å². The summed E-state index contributed by atoms with van der Waals surface area (Å²) in [5.74, 6) is -2.86. The first-order valence-electron chi connectivity index (χ1n) is 10.7. The number of aromatic nitrogens is 3. The number of fused-ring (bicyclic) bond motifs is 1. The molecule has 11 heteroatoms. The SMILES string of the molecule is O=C(c1nnn2c1CO[C@H](c1ccc(Cl)cc1)C2)N1CCN(C(=O)c2c(F)cccc2F)CC1. The smallest absolute Gasteiger partial charge is 0.276 e. The van der Waals surface area contributed by atoms with Crippen molar-refractivity contribution in [2.45, 2.75) is 19.3 Å². The van der Waals surface area contributed by atoms with Crippen LogP contribution in [-0.4, -0.2) is 62.8 Å². The average molecular weight is 488 g/mol. The number of carbonyl (C=O) groups excluding carboxylic acids is 2. The summed E-state index contributed by atoms with van der Waals surface area (Å²) in [7, 11) is 0. The molecule has 0 saturated carbocycles. The minimum absolute atomic E-state index is 0.150. The van der Waals surface area contributed by atoms with Crippen LogP contribution in [0.5, 0.6) is 0 Å². The number of amides is 2. The summed E-state index contributed by atoms with van der Waals surface area (Å²) in [4.78, 5) is 28.6. The standard InChI is InChI=1S/C23H20ClF2N5O3/c24-15-6-4-14(5-7-15)19-12-31-18(13-34-19)21(27-28-31)23(33)30-10-8-29(9-11-30)22(32)20-16(25)2-1-3-17(20)26/h1-7,19H,8-13H2/t19-/m0/s1. The van der Waals surface area contributed by atoms with Crippen molar-refractivity contribution in [2.75, 3.05) is 26.2 Å². The Labute approximate surface area is 198 Å². The van der Waals surface area contributed by atoms with Gasteiger partial charge in [-0.25, -0.2) is 13.5 Å². The van der Waals surface area contributed by atoms with Crippen molar-refractivity contribution < 1.29 is 23.1 Å². The maximum absolute atomic E-state index is 14.0. The molecular weight excluding hydrogens is 468 g/mol. The lowest BCUT2D eigenvalue weighted by Crippen LogP contribution is -2.51. The zero-order valence-electron chi connectivity index (χ0n) is 18.0. The summed E-state index contributed by atoms with van der Waals surface area (Å²) in [6.45, 7) is 1.30. The molecule has 5 rings (SSSR count). The van der Waals surface area contributed by atoms with E-state index in [9.17, 15) is 18.4 Å². The molecule has 3 aromatic rings. The molecule has 0 radical (unpaired) electrons. The summed E-state index contributed by atoms with van der Waals surface area (Å²) in [6.07, 6.45) is -0.234. The average Bonchev–Trinajstić information content (AvgIpc) is 3.27. The third-order valence-electron chi connectivity index (χ3n) is 6.07. The van der Waals surface area contributed by atoms with E-state index < -0.39 is 23.1 Å². The first-order valence-corrected chi connectivity index (χ1v) is 11.1. The van der Waals surface area contributed by atoms with Gasteiger partial charge in [0, 0.05) is 31.2 Å². The summed E-state index contributed by atoms with van der Waals surface area (Å²) in [6, 6.07) is 10.6. The van der Waals surface area contributed by atoms with Crippen LogP contribution in [0, 0.1) is 11.6 Å². The summed E-state index contributed by atoms with van der Waals surface area (Å²) in [5, 5.41) is 8.85. The molecule has 3 heterocycles. The molecule has 1 saturated heterocycles.